The van der Waals surface area contributed by atoms with Crippen molar-refractivity contribution in [3.05, 3.63) is 16.1 Å². The van der Waals surface area contributed by atoms with E-state index in [0.29, 0.717) is 0 Å². The van der Waals surface area contributed by atoms with Gasteiger partial charge in [0, 0.05) is 17.3 Å². The molecule has 1 aliphatic carbocycles. The third-order valence-electron chi connectivity index (χ3n) is 4.17. The van der Waals surface area contributed by atoms with E-state index in [0.717, 1.165) is 36.1 Å². The van der Waals surface area contributed by atoms with Gasteiger partial charge in [0.05, 0.1) is 10.7 Å². The second-order valence-corrected chi connectivity index (χ2v) is 7.04. The Bertz CT molecular complexity index is 362. The third-order valence-corrected chi connectivity index (χ3v) is 4.99. The van der Waals surface area contributed by atoms with Gasteiger partial charge in [0.1, 0.15) is 0 Å². The summed E-state index contributed by atoms with van der Waals surface area (Å²) in [7, 11) is 0. The van der Waals surface area contributed by atoms with Crippen LogP contribution in [-0.4, -0.2) is 10.5 Å². The van der Waals surface area contributed by atoms with Crippen LogP contribution in [0, 0.1) is 18.8 Å². The molecule has 2 rings (SSSR count). The minimum absolute atomic E-state index is 0.00586. The Morgan fingerprint density at radius 3 is 2.59 bits per heavy atom. The lowest BCUT2D eigenvalue weighted by Crippen LogP contribution is -2.45. The summed E-state index contributed by atoms with van der Waals surface area (Å²) < 4.78 is 0. The lowest BCUT2D eigenvalue weighted by molar-refractivity contribution is 0.194. The molecule has 0 amide bonds. The zero-order valence-corrected chi connectivity index (χ0v) is 12.0. The summed E-state index contributed by atoms with van der Waals surface area (Å²) in [6, 6.07) is 0. The van der Waals surface area contributed by atoms with Gasteiger partial charge in [-0.25, -0.2) is 4.98 Å². The molecule has 96 valence electrons. The van der Waals surface area contributed by atoms with E-state index in [4.69, 9.17) is 5.73 Å². The number of hydrogen-bond donors (Lipinski definition) is 1. The molecule has 0 atom stereocenters. The van der Waals surface area contributed by atoms with Gasteiger partial charge >= 0.3 is 0 Å². The van der Waals surface area contributed by atoms with Crippen molar-refractivity contribution in [3.63, 3.8) is 0 Å². The topological polar surface area (TPSA) is 38.9 Å². The fraction of sp³-hybridized carbons (Fsp3) is 0.786. The van der Waals surface area contributed by atoms with Gasteiger partial charge in [-0.2, -0.15) is 0 Å². The molecule has 1 saturated carbocycles. The van der Waals surface area contributed by atoms with Crippen LogP contribution in [0.15, 0.2) is 5.38 Å². The van der Waals surface area contributed by atoms with Crippen molar-refractivity contribution >= 4 is 11.3 Å². The molecule has 0 unspecified atom stereocenters. The minimum Gasteiger partial charge on any atom is -0.325 e. The second kappa shape index (κ2) is 5.07. The number of nitrogens with two attached hydrogens (primary N) is 1. The largest absolute Gasteiger partial charge is 0.325 e. The number of rotatable bonds is 3. The molecule has 1 fully saturated rings. The highest BCUT2D eigenvalue weighted by molar-refractivity contribution is 7.09. The zero-order chi connectivity index (χ0) is 12.5. The van der Waals surface area contributed by atoms with Crippen molar-refractivity contribution in [2.75, 3.05) is 0 Å². The highest BCUT2D eigenvalue weighted by atomic mass is 32.1. The normalized spacial score (nSPS) is 29.8. The molecule has 3 heteroatoms. The Labute approximate surface area is 109 Å². The van der Waals surface area contributed by atoms with Gasteiger partial charge in [0.2, 0.25) is 0 Å². The molecule has 1 aromatic rings. The Morgan fingerprint density at radius 1 is 1.47 bits per heavy atom. The summed E-state index contributed by atoms with van der Waals surface area (Å²) in [5.41, 5.74) is 7.73. The van der Waals surface area contributed by atoms with Gasteiger partial charge in [-0.15, -0.1) is 11.3 Å². The molecule has 0 aromatic carbocycles. The lowest BCUT2D eigenvalue weighted by atomic mass is 9.72. The van der Waals surface area contributed by atoms with E-state index in [-0.39, 0.29) is 5.54 Å². The molecule has 1 aliphatic rings. The third kappa shape index (κ3) is 3.29. The van der Waals surface area contributed by atoms with E-state index in [1.807, 2.05) is 0 Å². The average molecular weight is 252 g/mol. The Morgan fingerprint density at radius 2 is 2.12 bits per heavy atom. The molecular weight excluding hydrogens is 228 g/mol. The fourth-order valence-corrected chi connectivity index (χ4v) is 3.52. The van der Waals surface area contributed by atoms with Crippen molar-refractivity contribution in [2.45, 2.75) is 58.4 Å². The molecule has 1 heterocycles. The Kier molecular flexibility index (Phi) is 3.88. The van der Waals surface area contributed by atoms with Crippen LogP contribution >= 0.6 is 11.3 Å². The number of aryl methyl sites for hydroxylation is 1. The molecule has 0 bridgehead atoms. The van der Waals surface area contributed by atoms with Crippen molar-refractivity contribution < 1.29 is 0 Å². The lowest BCUT2D eigenvalue weighted by Gasteiger charge is -2.38. The van der Waals surface area contributed by atoms with Crippen molar-refractivity contribution in [1.82, 2.24) is 4.98 Å². The van der Waals surface area contributed by atoms with Gasteiger partial charge in [-0.3, -0.25) is 0 Å². The SMILES string of the molecule is Cc1nc(CC2(N)CCC(C(C)C)CC2)cs1. The first-order chi connectivity index (χ1) is 7.98. The molecule has 2 nitrogen and oxygen atoms in total. The summed E-state index contributed by atoms with van der Waals surface area (Å²) in [6.45, 7) is 6.73. The summed E-state index contributed by atoms with van der Waals surface area (Å²) in [4.78, 5) is 4.54. The van der Waals surface area contributed by atoms with Gasteiger partial charge in [-0.1, -0.05) is 13.8 Å². The van der Waals surface area contributed by atoms with E-state index in [9.17, 15) is 0 Å². The summed E-state index contributed by atoms with van der Waals surface area (Å²) in [5.74, 6) is 1.69. The first kappa shape index (κ1) is 13.0. The molecule has 1 aromatic heterocycles. The maximum absolute atomic E-state index is 6.53. The number of nitrogens with zero attached hydrogens (tertiary/aromatic N) is 1. The predicted octanol–water partition coefficient (Wildman–Crippen LogP) is 3.54. The molecule has 0 spiro atoms. The van der Waals surface area contributed by atoms with E-state index >= 15 is 0 Å². The van der Waals surface area contributed by atoms with E-state index in [1.165, 1.54) is 18.5 Å². The predicted molar refractivity (Wildman–Crippen MR) is 74.3 cm³/mol. The maximum atomic E-state index is 6.53. The van der Waals surface area contributed by atoms with Crippen LogP contribution < -0.4 is 5.73 Å². The smallest absolute Gasteiger partial charge is 0.0897 e. The van der Waals surface area contributed by atoms with Crippen LogP contribution in [0.5, 0.6) is 0 Å². The summed E-state index contributed by atoms with van der Waals surface area (Å²) in [6.07, 6.45) is 5.86. The van der Waals surface area contributed by atoms with E-state index < -0.39 is 0 Å². The molecule has 2 N–H and O–H groups in total. The van der Waals surface area contributed by atoms with Gasteiger partial charge in [0.25, 0.3) is 0 Å². The fourth-order valence-electron chi connectivity index (χ4n) is 2.91. The van der Waals surface area contributed by atoms with Gasteiger partial charge < -0.3 is 5.73 Å². The first-order valence-electron chi connectivity index (χ1n) is 6.68. The monoisotopic (exact) mass is 252 g/mol. The summed E-state index contributed by atoms with van der Waals surface area (Å²) in [5, 5.41) is 3.32. The molecule has 17 heavy (non-hydrogen) atoms. The average Bonchev–Trinajstić information content (AvgIpc) is 2.63. The highest BCUT2D eigenvalue weighted by Gasteiger charge is 2.33. The number of hydrogen-bond acceptors (Lipinski definition) is 3. The van der Waals surface area contributed by atoms with Crippen LogP contribution in [0.25, 0.3) is 0 Å². The van der Waals surface area contributed by atoms with Crippen molar-refractivity contribution in [1.29, 1.82) is 0 Å². The first-order valence-corrected chi connectivity index (χ1v) is 7.56. The Hall–Kier alpha value is -0.410. The molecule has 0 saturated heterocycles. The van der Waals surface area contributed by atoms with Crippen LogP contribution in [0.4, 0.5) is 0 Å². The maximum Gasteiger partial charge on any atom is 0.0897 e. The van der Waals surface area contributed by atoms with E-state index in [2.05, 4.69) is 31.1 Å². The molecule has 0 aliphatic heterocycles. The van der Waals surface area contributed by atoms with Crippen LogP contribution in [0.3, 0.4) is 0 Å². The van der Waals surface area contributed by atoms with Crippen LogP contribution in [0.2, 0.25) is 0 Å². The standard InChI is InChI=1S/C14H24N2S/c1-10(2)12-4-6-14(15,7-5-12)8-13-9-17-11(3)16-13/h9-10,12H,4-8,15H2,1-3H3. The zero-order valence-electron chi connectivity index (χ0n) is 11.2. The quantitative estimate of drug-likeness (QED) is 0.893. The van der Waals surface area contributed by atoms with Crippen LogP contribution in [-0.2, 0) is 6.42 Å². The van der Waals surface area contributed by atoms with Crippen molar-refractivity contribution in [2.24, 2.45) is 17.6 Å². The number of thiazole rings is 1. The van der Waals surface area contributed by atoms with Gasteiger partial charge in [-0.05, 0) is 44.4 Å². The number of aromatic nitrogens is 1. The Balaban J connectivity index is 1.93. The van der Waals surface area contributed by atoms with Crippen LogP contribution in [0.1, 0.15) is 50.2 Å². The summed E-state index contributed by atoms with van der Waals surface area (Å²) >= 11 is 1.73. The highest BCUT2D eigenvalue weighted by Crippen LogP contribution is 2.36. The molecule has 0 radical (unpaired) electrons. The second-order valence-electron chi connectivity index (χ2n) is 5.98. The molecular formula is C14H24N2S. The van der Waals surface area contributed by atoms with Crippen molar-refractivity contribution in [3.8, 4) is 0 Å². The van der Waals surface area contributed by atoms with E-state index in [1.54, 1.807) is 11.3 Å². The van der Waals surface area contributed by atoms with Gasteiger partial charge in [0.15, 0.2) is 0 Å². The minimum atomic E-state index is 0.00586.